The number of benzene rings is 5. The monoisotopic (exact) mass is 380 g/mol. The van der Waals surface area contributed by atoms with Gasteiger partial charge >= 0.3 is 0 Å². The lowest BCUT2D eigenvalue weighted by Gasteiger charge is -2.13. The van der Waals surface area contributed by atoms with Crippen LogP contribution in [0.1, 0.15) is 15.9 Å². The first-order chi connectivity index (χ1) is 14.1. The van der Waals surface area contributed by atoms with Crippen LogP contribution < -0.4 is 5.43 Å². The fourth-order valence-electron chi connectivity index (χ4n) is 3.80. The molecule has 5 rings (SSSR count). The van der Waals surface area contributed by atoms with Crippen molar-refractivity contribution < 1.29 is 15.0 Å². The van der Waals surface area contributed by atoms with Crippen molar-refractivity contribution in [2.75, 3.05) is 0 Å². The molecular formula is C24H16N2O3. The molecule has 0 aliphatic carbocycles. The second-order valence-electron chi connectivity index (χ2n) is 6.89. The number of carbonyl (C=O) groups is 1. The number of phenolic OH excluding ortho intramolecular Hbond substituents is 2. The van der Waals surface area contributed by atoms with E-state index in [1.54, 1.807) is 12.1 Å². The predicted octanol–water partition coefficient (Wildman–Crippen LogP) is 4.76. The zero-order valence-electron chi connectivity index (χ0n) is 15.3. The molecule has 140 valence electrons. The topological polar surface area (TPSA) is 81.9 Å². The third-order valence-electron chi connectivity index (χ3n) is 5.17. The number of para-hydroxylation sites is 1. The summed E-state index contributed by atoms with van der Waals surface area (Å²) in [6, 6.07) is 22.2. The molecule has 0 fully saturated rings. The van der Waals surface area contributed by atoms with E-state index in [9.17, 15) is 15.0 Å². The van der Waals surface area contributed by atoms with E-state index in [1.165, 1.54) is 18.3 Å². The zero-order valence-corrected chi connectivity index (χ0v) is 15.3. The minimum atomic E-state index is -0.531. The summed E-state index contributed by atoms with van der Waals surface area (Å²) >= 11 is 0. The summed E-state index contributed by atoms with van der Waals surface area (Å²) < 4.78 is 0. The Balaban J connectivity index is 1.55. The molecule has 0 aliphatic rings. The second kappa shape index (κ2) is 6.49. The fourth-order valence-corrected chi connectivity index (χ4v) is 3.80. The highest BCUT2D eigenvalue weighted by Crippen LogP contribution is 2.39. The number of nitrogens with one attached hydrogen (secondary N) is 1. The lowest BCUT2D eigenvalue weighted by Crippen LogP contribution is -2.17. The quantitative estimate of drug-likeness (QED) is 0.240. The van der Waals surface area contributed by atoms with Crippen LogP contribution in [0.2, 0.25) is 0 Å². The van der Waals surface area contributed by atoms with Crippen molar-refractivity contribution >= 4 is 44.4 Å². The number of hydrogen-bond acceptors (Lipinski definition) is 4. The third-order valence-corrected chi connectivity index (χ3v) is 5.17. The Bertz CT molecular complexity index is 1410. The molecule has 0 aromatic heterocycles. The van der Waals surface area contributed by atoms with Crippen LogP contribution in [0.5, 0.6) is 11.5 Å². The first kappa shape index (κ1) is 17.0. The standard InChI is InChI=1S/C24H16N2O3/c27-20-7-2-1-6-18(20)24(29)26-25-13-17-12-16-9-8-14-4-3-5-15-10-11-19(23(17)28)22(16)21(14)15/h1-13,27-28H,(H,26,29)/b25-13+. The molecule has 0 spiro atoms. The maximum Gasteiger partial charge on any atom is 0.275 e. The van der Waals surface area contributed by atoms with Crippen molar-refractivity contribution in [1.29, 1.82) is 0 Å². The molecule has 29 heavy (non-hydrogen) atoms. The van der Waals surface area contributed by atoms with Crippen LogP contribution in [-0.4, -0.2) is 22.3 Å². The van der Waals surface area contributed by atoms with Crippen LogP contribution in [0.15, 0.2) is 77.9 Å². The highest BCUT2D eigenvalue weighted by Gasteiger charge is 2.14. The average Bonchev–Trinajstić information content (AvgIpc) is 2.74. The molecule has 0 saturated heterocycles. The summed E-state index contributed by atoms with van der Waals surface area (Å²) in [6.45, 7) is 0. The van der Waals surface area contributed by atoms with Crippen molar-refractivity contribution in [2.45, 2.75) is 0 Å². The minimum absolute atomic E-state index is 0.108. The number of hydrazone groups is 1. The molecule has 0 radical (unpaired) electrons. The molecule has 0 aliphatic heterocycles. The van der Waals surface area contributed by atoms with Crippen LogP contribution in [0.3, 0.4) is 0 Å². The molecule has 5 heteroatoms. The summed E-state index contributed by atoms with van der Waals surface area (Å²) in [6.07, 6.45) is 1.40. The summed E-state index contributed by atoms with van der Waals surface area (Å²) in [5.41, 5.74) is 3.01. The van der Waals surface area contributed by atoms with Crippen LogP contribution in [0.25, 0.3) is 32.3 Å². The maximum absolute atomic E-state index is 12.2. The lowest BCUT2D eigenvalue weighted by atomic mass is 9.92. The Kier molecular flexibility index (Phi) is 3.81. The van der Waals surface area contributed by atoms with E-state index in [4.69, 9.17) is 0 Å². The number of amides is 1. The van der Waals surface area contributed by atoms with Gasteiger partial charge in [-0.25, -0.2) is 5.43 Å². The molecule has 0 unspecified atom stereocenters. The predicted molar refractivity (Wildman–Crippen MR) is 115 cm³/mol. The van der Waals surface area contributed by atoms with E-state index in [-0.39, 0.29) is 17.1 Å². The summed E-state index contributed by atoms with van der Waals surface area (Å²) in [5, 5.41) is 30.6. The van der Waals surface area contributed by atoms with Gasteiger partial charge in [0, 0.05) is 16.3 Å². The van der Waals surface area contributed by atoms with Gasteiger partial charge in [0.2, 0.25) is 0 Å². The number of nitrogens with zero attached hydrogens (tertiary/aromatic N) is 1. The van der Waals surface area contributed by atoms with Crippen molar-refractivity contribution in [3.8, 4) is 11.5 Å². The van der Waals surface area contributed by atoms with Crippen molar-refractivity contribution in [1.82, 2.24) is 5.43 Å². The molecule has 1 amide bonds. The van der Waals surface area contributed by atoms with Gasteiger partial charge < -0.3 is 10.2 Å². The SMILES string of the molecule is O=C(N/N=C/c1cc2ccc3cccc4ccc(c1O)c2c34)c1ccccc1O. The van der Waals surface area contributed by atoms with Crippen LogP contribution >= 0.6 is 0 Å². The molecule has 0 saturated carbocycles. The van der Waals surface area contributed by atoms with Crippen molar-refractivity contribution in [2.24, 2.45) is 5.10 Å². The Morgan fingerprint density at radius 3 is 2.34 bits per heavy atom. The Hall–Kier alpha value is -4.12. The van der Waals surface area contributed by atoms with Gasteiger partial charge in [0.25, 0.3) is 5.91 Å². The molecule has 5 aromatic rings. The largest absolute Gasteiger partial charge is 0.507 e. The number of carbonyl (C=O) groups excluding carboxylic acids is 1. The van der Waals surface area contributed by atoms with E-state index in [2.05, 4.69) is 28.7 Å². The normalized spacial score (nSPS) is 11.7. The minimum Gasteiger partial charge on any atom is -0.507 e. The van der Waals surface area contributed by atoms with E-state index in [1.807, 2.05) is 30.3 Å². The molecular weight excluding hydrogens is 364 g/mol. The van der Waals surface area contributed by atoms with E-state index in [0.29, 0.717) is 5.56 Å². The van der Waals surface area contributed by atoms with Crippen LogP contribution in [-0.2, 0) is 0 Å². The molecule has 0 heterocycles. The fraction of sp³-hybridized carbons (Fsp3) is 0. The van der Waals surface area contributed by atoms with Gasteiger partial charge in [-0.1, -0.05) is 48.5 Å². The molecule has 5 nitrogen and oxygen atoms in total. The van der Waals surface area contributed by atoms with Gasteiger partial charge in [-0.2, -0.15) is 5.10 Å². The number of hydrogen-bond donors (Lipinski definition) is 3. The summed E-state index contributed by atoms with van der Waals surface area (Å²) in [4.78, 5) is 12.2. The van der Waals surface area contributed by atoms with Gasteiger partial charge in [-0.05, 0) is 45.8 Å². The lowest BCUT2D eigenvalue weighted by molar-refractivity contribution is 0.0952. The van der Waals surface area contributed by atoms with Gasteiger partial charge in [0.15, 0.2) is 0 Å². The van der Waals surface area contributed by atoms with Crippen molar-refractivity contribution in [3.05, 3.63) is 83.9 Å². The highest BCUT2D eigenvalue weighted by molar-refractivity contribution is 6.25. The van der Waals surface area contributed by atoms with Gasteiger partial charge in [0.05, 0.1) is 11.8 Å². The number of aromatic hydroxyl groups is 2. The highest BCUT2D eigenvalue weighted by atomic mass is 16.3. The Morgan fingerprint density at radius 2 is 1.55 bits per heavy atom. The molecule has 0 atom stereocenters. The smallest absolute Gasteiger partial charge is 0.275 e. The molecule has 3 N–H and O–H groups in total. The van der Waals surface area contributed by atoms with Gasteiger partial charge in [-0.15, -0.1) is 0 Å². The maximum atomic E-state index is 12.2. The molecule has 0 bridgehead atoms. The van der Waals surface area contributed by atoms with Crippen LogP contribution in [0, 0.1) is 0 Å². The first-order valence-electron chi connectivity index (χ1n) is 9.14. The number of phenols is 2. The van der Waals surface area contributed by atoms with Gasteiger partial charge in [0.1, 0.15) is 11.5 Å². The average molecular weight is 380 g/mol. The summed E-state index contributed by atoms with van der Waals surface area (Å²) in [7, 11) is 0. The Morgan fingerprint density at radius 1 is 0.828 bits per heavy atom. The Labute approximate surface area is 165 Å². The van der Waals surface area contributed by atoms with Crippen molar-refractivity contribution in [3.63, 3.8) is 0 Å². The molecule has 5 aromatic carbocycles. The van der Waals surface area contributed by atoms with E-state index < -0.39 is 5.91 Å². The first-order valence-corrected chi connectivity index (χ1v) is 9.14. The second-order valence-corrected chi connectivity index (χ2v) is 6.89. The summed E-state index contributed by atoms with van der Waals surface area (Å²) in [5.74, 6) is -0.543. The van der Waals surface area contributed by atoms with Gasteiger partial charge in [-0.3, -0.25) is 4.79 Å². The number of rotatable bonds is 3. The van der Waals surface area contributed by atoms with E-state index in [0.717, 1.165) is 32.3 Å². The zero-order chi connectivity index (χ0) is 20.0. The van der Waals surface area contributed by atoms with Crippen LogP contribution in [0.4, 0.5) is 0 Å². The van der Waals surface area contributed by atoms with E-state index >= 15 is 0 Å². The third kappa shape index (κ3) is 2.72.